The quantitative estimate of drug-likeness (QED) is 0.824. The molecule has 1 fully saturated rings. The maximum Gasteiger partial charge on any atom is 0.256 e. The van der Waals surface area contributed by atoms with Crippen LogP contribution >= 0.6 is 0 Å². The van der Waals surface area contributed by atoms with E-state index in [-0.39, 0.29) is 18.0 Å². The van der Waals surface area contributed by atoms with Crippen molar-refractivity contribution >= 4 is 5.91 Å². The van der Waals surface area contributed by atoms with Crippen molar-refractivity contribution in [2.24, 2.45) is 5.73 Å². The summed E-state index contributed by atoms with van der Waals surface area (Å²) in [5, 5.41) is 0. The summed E-state index contributed by atoms with van der Waals surface area (Å²) < 4.78 is 14.1. The van der Waals surface area contributed by atoms with Gasteiger partial charge in [-0.2, -0.15) is 0 Å². The number of piperazine rings is 1. The van der Waals surface area contributed by atoms with Crippen LogP contribution in [0.5, 0.6) is 0 Å². The Bertz CT molecular complexity index is 569. The molecular formula is C16H20FN3O. The second-order valence-electron chi connectivity index (χ2n) is 4.93. The molecule has 1 aromatic carbocycles. The molecule has 4 nitrogen and oxygen atoms in total. The van der Waals surface area contributed by atoms with Gasteiger partial charge in [0.2, 0.25) is 0 Å². The molecule has 0 saturated carbocycles. The van der Waals surface area contributed by atoms with Crippen LogP contribution in [-0.4, -0.2) is 55.0 Å². The highest BCUT2D eigenvalue weighted by molar-refractivity contribution is 5.94. The average molecular weight is 289 g/mol. The molecule has 1 saturated heterocycles. The standard InChI is InChI=1S/C16H20FN3O/c1-2-19-8-10-20(11-9-19)16(21)14-6-5-13(4-3-7-18)12-15(14)17/h5-6,12H,2,7-11,18H2,1H3. The third-order valence-electron chi connectivity index (χ3n) is 3.64. The van der Waals surface area contributed by atoms with Crippen molar-refractivity contribution in [1.82, 2.24) is 9.80 Å². The van der Waals surface area contributed by atoms with Gasteiger partial charge in [0.25, 0.3) is 5.91 Å². The predicted molar refractivity (Wildman–Crippen MR) is 80.3 cm³/mol. The van der Waals surface area contributed by atoms with E-state index < -0.39 is 5.82 Å². The summed E-state index contributed by atoms with van der Waals surface area (Å²) in [4.78, 5) is 16.3. The highest BCUT2D eigenvalue weighted by atomic mass is 19.1. The van der Waals surface area contributed by atoms with Crippen LogP contribution in [-0.2, 0) is 0 Å². The Hall–Kier alpha value is -1.90. The van der Waals surface area contributed by atoms with Crippen LogP contribution < -0.4 is 5.73 Å². The van der Waals surface area contributed by atoms with Crippen molar-refractivity contribution in [3.05, 3.63) is 35.1 Å². The molecule has 0 spiro atoms. The minimum absolute atomic E-state index is 0.109. The molecule has 0 bridgehead atoms. The summed E-state index contributed by atoms with van der Waals surface area (Å²) in [5.74, 6) is 4.65. The molecule has 0 aromatic heterocycles. The minimum Gasteiger partial charge on any atom is -0.336 e. The second kappa shape index (κ2) is 7.21. The number of hydrogen-bond acceptors (Lipinski definition) is 3. The normalized spacial score (nSPS) is 15.5. The number of nitrogens with two attached hydrogens (primary N) is 1. The molecule has 1 aliphatic heterocycles. The summed E-state index contributed by atoms with van der Waals surface area (Å²) in [6.45, 7) is 6.25. The van der Waals surface area contributed by atoms with Gasteiger partial charge in [0, 0.05) is 31.7 Å². The molecule has 112 valence electrons. The van der Waals surface area contributed by atoms with Crippen LogP contribution in [0.2, 0.25) is 0 Å². The van der Waals surface area contributed by atoms with E-state index in [1.54, 1.807) is 11.0 Å². The van der Waals surface area contributed by atoms with Gasteiger partial charge >= 0.3 is 0 Å². The van der Waals surface area contributed by atoms with Crippen LogP contribution in [0.4, 0.5) is 4.39 Å². The zero-order chi connectivity index (χ0) is 15.2. The molecular weight excluding hydrogens is 269 g/mol. The molecule has 2 N–H and O–H groups in total. The van der Waals surface area contributed by atoms with Crippen LogP contribution in [0.25, 0.3) is 0 Å². The number of carbonyl (C=O) groups is 1. The van der Waals surface area contributed by atoms with Gasteiger partial charge in [-0.25, -0.2) is 4.39 Å². The average Bonchev–Trinajstić information content (AvgIpc) is 2.52. The van der Waals surface area contributed by atoms with E-state index in [0.717, 1.165) is 19.6 Å². The Balaban J connectivity index is 2.09. The molecule has 2 rings (SSSR count). The van der Waals surface area contributed by atoms with E-state index in [4.69, 9.17) is 5.73 Å². The fraction of sp³-hybridized carbons (Fsp3) is 0.438. The molecule has 0 unspecified atom stereocenters. The number of carbonyl (C=O) groups excluding carboxylic acids is 1. The number of hydrogen-bond donors (Lipinski definition) is 1. The number of rotatable bonds is 2. The van der Waals surface area contributed by atoms with E-state index in [9.17, 15) is 9.18 Å². The van der Waals surface area contributed by atoms with Crippen molar-refractivity contribution in [2.45, 2.75) is 6.92 Å². The summed E-state index contributed by atoms with van der Waals surface area (Å²) in [7, 11) is 0. The van der Waals surface area contributed by atoms with Gasteiger partial charge in [0.05, 0.1) is 12.1 Å². The first kappa shape index (κ1) is 15.5. The molecule has 0 aliphatic carbocycles. The van der Waals surface area contributed by atoms with E-state index in [1.165, 1.54) is 12.1 Å². The van der Waals surface area contributed by atoms with E-state index in [2.05, 4.69) is 23.7 Å². The Morgan fingerprint density at radius 1 is 1.33 bits per heavy atom. The number of amides is 1. The van der Waals surface area contributed by atoms with Gasteiger partial charge in [-0.15, -0.1) is 0 Å². The van der Waals surface area contributed by atoms with Crippen molar-refractivity contribution in [2.75, 3.05) is 39.3 Å². The molecule has 21 heavy (non-hydrogen) atoms. The van der Waals surface area contributed by atoms with Crippen LogP contribution in [0, 0.1) is 17.7 Å². The van der Waals surface area contributed by atoms with Crippen LogP contribution in [0.1, 0.15) is 22.8 Å². The zero-order valence-electron chi connectivity index (χ0n) is 12.2. The minimum atomic E-state index is -0.526. The third kappa shape index (κ3) is 3.81. The SMILES string of the molecule is CCN1CCN(C(=O)c2ccc(C#CCN)cc2F)CC1. The lowest BCUT2D eigenvalue weighted by Gasteiger charge is -2.34. The lowest BCUT2D eigenvalue weighted by Crippen LogP contribution is -2.48. The van der Waals surface area contributed by atoms with Gasteiger partial charge in [0.1, 0.15) is 5.82 Å². The molecule has 0 atom stereocenters. The Labute approximate surface area is 124 Å². The van der Waals surface area contributed by atoms with Crippen LogP contribution in [0.15, 0.2) is 18.2 Å². The highest BCUT2D eigenvalue weighted by Gasteiger charge is 2.23. The zero-order valence-corrected chi connectivity index (χ0v) is 12.2. The lowest BCUT2D eigenvalue weighted by atomic mass is 10.1. The second-order valence-corrected chi connectivity index (χ2v) is 4.93. The Morgan fingerprint density at radius 2 is 2.05 bits per heavy atom. The van der Waals surface area contributed by atoms with Crippen molar-refractivity contribution in [3.8, 4) is 11.8 Å². The van der Waals surface area contributed by atoms with Gasteiger partial charge in [0.15, 0.2) is 0 Å². The number of nitrogens with zero attached hydrogens (tertiary/aromatic N) is 2. The molecule has 1 amide bonds. The van der Waals surface area contributed by atoms with Gasteiger partial charge < -0.3 is 15.5 Å². The summed E-state index contributed by atoms with van der Waals surface area (Å²) >= 11 is 0. The lowest BCUT2D eigenvalue weighted by molar-refractivity contribution is 0.0639. The Kier molecular flexibility index (Phi) is 5.32. The van der Waals surface area contributed by atoms with Gasteiger partial charge in [-0.3, -0.25) is 4.79 Å². The summed E-state index contributed by atoms with van der Waals surface area (Å²) in [6.07, 6.45) is 0. The van der Waals surface area contributed by atoms with E-state index in [1.807, 2.05) is 0 Å². The fourth-order valence-electron chi connectivity index (χ4n) is 2.36. The summed E-state index contributed by atoms with van der Waals surface area (Å²) in [5.41, 5.74) is 5.92. The molecule has 1 heterocycles. The first-order valence-corrected chi connectivity index (χ1v) is 7.15. The molecule has 1 aromatic rings. The topological polar surface area (TPSA) is 49.6 Å². The van der Waals surface area contributed by atoms with E-state index in [0.29, 0.717) is 18.7 Å². The molecule has 1 aliphatic rings. The van der Waals surface area contributed by atoms with E-state index >= 15 is 0 Å². The van der Waals surface area contributed by atoms with Gasteiger partial charge in [-0.1, -0.05) is 18.8 Å². The Morgan fingerprint density at radius 3 is 2.62 bits per heavy atom. The maximum absolute atomic E-state index is 14.1. The van der Waals surface area contributed by atoms with Crippen molar-refractivity contribution < 1.29 is 9.18 Å². The molecule has 0 radical (unpaired) electrons. The van der Waals surface area contributed by atoms with Crippen molar-refractivity contribution in [1.29, 1.82) is 0 Å². The van der Waals surface area contributed by atoms with Crippen molar-refractivity contribution in [3.63, 3.8) is 0 Å². The third-order valence-corrected chi connectivity index (χ3v) is 3.64. The highest BCUT2D eigenvalue weighted by Crippen LogP contribution is 2.14. The first-order valence-electron chi connectivity index (χ1n) is 7.15. The largest absolute Gasteiger partial charge is 0.336 e. The monoisotopic (exact) mass is 289 g/mol. The van der Waals surface area contributed by atoms with Gasteiger partial charge in [-0.05, 0) is 24.7 Å². The fourth-order valence-corrected chi connectivity index (χ4v) is 2.36. The van der Waals surface area contributed by atoms with Crippen LogP contribution in [0.3, 0.4) is 0 Å². The predicted octanol–water partition coefficient (Wildman–Crippen LogP) is 0.914. The molecule has 5 heteroatoms. The number of halogens is 1. The number of benzene rings is 1. The maximum atomic E-state index is 14.1. The smallest absolute Gasteiger partial charge is 0.256 e. The number of likely N-dealkylation sites (N-methyl/N-ethyl adjacent to an activating group) is 1. The first-order chi connectivity index (χ1) is 10.2. The summed E-state index contributed by atoms with van der Waals surface area (Å²) in [6, 6.07) is 4.45.